The van der Waals surface area contributed by atoms with E-state index < -0.39 is 0 Å². The lowest BCUT2D eigenvalue weighted by Crippen LogP contribution is -2.14. The molecule has 2 N–H and O–H groups in total. The summed E-state index contributed by atoms with van der Waals surface area (Å²) in [6, 6.07) is 7.49. The Morgan fingerprint density at radius 1 is 1.21 bits per heavy atom. The highest BCUT2D eigenvalue weighted by atomic mass is 16.5. The van der Waals surface area contributed by atoms with Gasteiger partial charge >= 0.3 is 0 Å². The number of methoxy groups -OCH3 is 1. The Morgan fingerprint density at radius 2 is 2.04 bits per heavy atom. The molecule has 0 bridgehead atoms. The van der Waals surface area contributed by atoms with Crippen LogP contribution in [0.25, 0.3) is 0 Å². The van der Waals surface area contributed by atoms with Gasteiger partial charge in [0, 0.05) is 18.9 Å². The molecule has 0 fully saturated rings. The maximum atomic E-state index is 12.5. The third-order valence-electron chi connectivity index (χ3n) is 3.71. The first-order chi connectivity index (χ1) is 11.6. The first kappa shape index (κ1) is 17.8. The quantitative estimate of drug-likeness (QED) is 0.711. The number of nitrogens with one attached hydrogen (secondary N) is 2. The lowest BCUT2D eigenvalue weighted by molar-refractivity contribution is 0.102. The van der Waals surface area contributed by atoms with Crippen LogP contribution >= 0.6 is 0 Å². The molecule has 0 saturated carbocycles. The second-order valence-electron chi connectivity index (χ2n) is 5.75. The van der Waals surface area contributed by atoms with Gasteiger partial charge in [0.1, 0.15) is 5.75 Å². The Hall–Kier alpha value is -2.56. The fraction of sp³-hybridized carbons (Fsp3) is 0.368. The average molecular weight is 327 g/mol. The third kappa shape index (κ3) is 4.98. The van der Waals surface area contributed by atoms with Crippen LogP contribution in [-0.2, 0) is 0 Å². The zero-order valence-electron chi connectivity index (χ0n) is 14.6. The van der Waals surface area contributed by atoms with E-state index in [9.17, 15) is 4.79 Å². The number of hydrogen-bond donors (Lipinski definition) is 2. The molecule has 1 amide bonds. The Bertz CT molecular complexity index is 686. The normalized spacial score (nSPS) is 10.3. The number of anilines is 2. The summed E-state index contributed by atoms with van der Waals surface area (Å²) in [5, 5.41) is 6.19. The van der Waals surface area contributed by atoms with Crippen molar-refractivity contribution in [3.63, 3.8) is 0 Å². The van der Waals surface area contributed by atoms with E-state index in [1.807, 2.05) is 31.2 Å². The van der Waals surface area contributed by atoms with Crippen molar-refractivity contribution in [2.24, 2.45) is 0 Å². The van der Waals surface area contributed by atoms with Gasteiger partial charge in [0.05, 0.1) is 24.0 Å². The van der Waals surface area contributed by atoms with Gasteiger partial charge in [-0.2, -0.15) is 0 Å². The number of benzene rings is 1. The smallest absolute Gasteiger partial charge is 0.257 e. The zero-order valence-corrected chi connectivity index (χ0v) is 14.6. The van der Waals surface area contributed by atoms with Gasteiger partial charge in [0.15, 0.2) is 0 Å². The minimum atomic E-state index is -0.205. The highest BCUT2D eigenvalue weighted by Crippen LogP contribution is 2.25. The highest BCUT2D eigenvalue weighted by Gasteiger charge is 2.11. The van der Waals surface area contributed by atoms with Crippen LogP contribution in [0.4, 0.5) is 11.4 Å². The van der Waals surface area contributed by atoms with Crippen LogP contribution in [0.15, 0.2) is 36.7 Å². The van der Waals surface area contributed by atoms with Gasteiger partial charge in [-0.15, -0.1) is 0 Å². The number of unbranched alkanes of at least 4 members (excludes halogenated alkanes) is 2. The van der Waals surface area contributed by atoms with Gasteiger partial charge in [-0.3, -0.25) is 9.78 Å². The number of pyridine rings is 1. The van der Waals surface area contributed by atoms with E-state index in [0.717, 1.165) is 24.2 Å². The molecule has 0 spiro atoms. The lowest BCUT2D eigenvalue weighted by atomic mass is 10.2. The molecule has 128 valence electrons. The lowest BCUT2D eigenvalue weighted by Gasteiger charge is -2.12. The summed E-state index contributed by atoms with van der Waals surface area (Å²) in [6.07, 6.45) is 6.77. The van der Waals surface area contributed by atoms with Gasteiger partial charge < -0.3 is 15.4 Å². The largest absolute Gasteiger partial charge is 0.495 e. The first-order valence-corrected chi connectivity index (χ1v) is 8.29. The molecule has 2 rings (SSSR count). The number of nitrogens with zero attached hydrogens (tertiary/aromatic N) is 1. The van der Waals surface area contributed by atoms with E-state index in [2.05, 4.69) is 22.5 Å². The van der Waals surface area contributed by atoms with Crippen LogP contribution in [-0.4, -0.2) is 24.5 Å². The Labute approximate surface area is 143 Å². The molecule has 2 aromatic rings. The van der Waals surface area contributed by atoms with Crippen molar-refractivity contribution in [2.45, 2.75) is 33.1 Å². The number of carbonyl (C=O) groups is 1. The van der Waals surface area contributed by atoms with E-state index in [-0.39, 0.29) is 5.91 Å². The van der Waals surface area contributed by atoms with Crippen LogP contribution in [0.2, 0.25) is 0 Å². The summed E-state index contributed by atoms with van der Waals surface area (Å²) in [5.41, 5.74) is 3.08. The number of aryl methyl sites for hydroxylation is 1. The number of aromatic nitrogens is 1. The predicted octanol–water partition coefficient (Wildman–Crippen LogP) is 4.25. The second kappa shape index (κ2) is 8.91. The van der Waals surface area contributed by atoms with E-state index in [1.165, 1.54) is 12.8 Å². The summed E-state index contributed by atoms with van der Waals surface area (Å²) in [7, 11) is 1.59. The molecule has 0 saturated heterocycles. The average Bonchev–Trinajstić information content (AvgIpc) is 2.59. The number of amides is 1. The van der Waals surface area contributed by atoms with Gasteiger partial charge in [-0.25, -0.2) is 0 Å². The van der Waals surface area contributed by atoms with E-state index in [0.29, 0.717) is 17.0 Å². The van der Waals surface area contributed by atoms with Crippen LogP contribution in [0.5, 0.6) is 5.75 Å². The van der Waals surface area contributed by atoms with Crippen LogP contribution in [0.3, 0.4) is 0 Å². The maximum absolute atomic E-state index is 12.5. The van der Waals surface area contributed by atoms with Gasteiger partial charge in [-0.1, -0.05) is 25.8 Å². The summed E-state index contributed by atoms with van der Waals surface area (Å²) < 4.78 is 5.29. The molecule has 0 aliphatic heterocycles. The van der Waals surface area contributed by atoms with Crippen molar-refractivity contribution in [3.05, 3.63) is 47.8 Å². The van der Waals surface area contributed by atoms with Crippen LogP contribution in [0, 0.1) is 6.92 Å². The Balaban J connectivity index is 2.06. The van der Waals surface area contributed by atoms with Crippen molar-refractivity contribution in [3.8, 4) is 5.75 Å². The minimum Gasteiger partial charge on any atom is -0.495 e. The zero-order chi connectivity index (χ0) is 17.4. The highest BCUT2D eigenvalue weighted by molar-refractivity contribution is 6.05. The van der Waals surface area contributed by atoms with Crippen molar-refractivity contribution in [1.29, 1.82) is 0 Å². The SMILES string of the molecule is CCCCCNc1cncc(C(=O)Nc2cc(C)ccc2OC)c1. The molecule has 0 atom stereocenters. The molecule has 5 heteroatoms. The number of rotatable bonds is 8. The topological polar surface area (TPSA) is 63.2 Å². The molecule has 1 heterocycles. The van der Waals surface area contributed by atoms with Gasteiger partial charge in [-0.05, 0) is 37.1 Å². The molecule has 5 nitrogen and oxygen atoms in total. The van der Waals surface area contributed by atoms with Gasteiger partial charge in [0.2, 0.25) is 0 Å². The molecule has 0 aliphatic carbocycles. The number of ether oxygens (including phenoxy) is 1. The van der Waals surface area contributed by atoms with Gasteiger partial charge in [0.25, 0.3) is 5.91 Å². The molecule has 24 heavy (non-hydrogen) atoms. The fourth-order valence-corrected chi connectivity index (χ4v) is 2.38. The summed E-state index contributed by atoms with van der Waals surface area (Å²) in [5.74, 6) is 0.430. The summed E-state index contributed by atoms with van der Waals surface area (Å²) >= 11 is 0. The van der Waals surface area contributed by atoms with E-state index in [1.54, 1.807) is 19.5 Å². The second-order valence-corrected chi connectivity index (χ2v) is 5.75. The summed E-state index contributed by atoms with van der Waals surface area (Å²) in [4.78, 5) is 16.6. The van der Waals surface area contributed by atoms with Crippen LogP contribution < -0.4 is 15.4 Å². The minimum absolute atomic E-state index is 0.205. The first-order valence-electron chi connectivity index (χ1n) is 8.29. The Kier molecular flexibility index (Phi) is 6.61. The van der Waals surface area contributed by atoms with Crippen LogP contribution in [0.1, 0.15) is 42.1 Å². The van der Waals surface area contributed by atoms with Crippen molar-refractivity contribution in [1.82, 2.24) is 4.98 Å². The molecular weight excluding hydrogens is 302 g/mol. The molecule has 0 unspecified atom stereocenters. The van der Waals surface area contributed by atoms with E-state index in [4.69, 9.17) is 4.74 Å². The fourth-order valence-electron chi connectivity index (χ4n) is 2.38. The van der Waals surface area contributed by atoms with Crippen molar-refractivity contribution >= 4 is 17.3 Å². The third-order valence-corrected chi connectivity index (χ3v) is 3.71. The molecule has 0 radical (unpaired) electrons. The monoisotopic (exact) mass is 327 g/mol. The standard InChI is InChI=1S/C19H25N3O2/c1-4-5-6-9-21-16-11-15(12-20-13-16)19(23)22-17-10-14(2)7-8-18(17)24-3/h7-8,10-13,21H,4-6,9H2,1-3H3,(H,22,23). The number of hydrogen-bond acceptors (Lipinski definition) is 4. The van der Waals surface area contributed by atoms with Crippen molar-refractivity contribution < 1.29 is 9.53 Å². The molecule has 1 aromatic heterocycles. The Morgan fingerprint density at radius 3 is 2.79 bits per heavy atom. The predicted molar refractivity (Wildman–Crippen MR) is 97.9 cm³/mol. The molecule has 1 aromatic carbocycles. The maximum Gasteiger partial charge on any atom is 0.257 e. The van der Waals surface area contributed by atoms with Crippen molar-refractivity contribution in [2.75, 3.05) is 24.3 Å². The summed E-state index contributed by atoms with van der Waals surface area (Å²) in [6.45, 7) is 5.02. The molecular formula is C19H25N3O2. The van der Waals surface area contributed by atoms with E-state index >= 15 is 0 Å². The molecule has 0 aliphatic rings. The number of carbonyl (C=O) groups excluding carboxylic acids is 1.